The molecule has 2 aromatic rings. The van der Waals surface area contributed by atoms with E-state index in [0.29, 0.717) is 23.5 Å². The Bertz CT molecular complexity index is 1510. The van der Waals surface area contributed by atoms with Gasteiger partial charge in [-0.3, -0.25) is 28.9 Å². The van der Waals surface area contributed by atoms with Gasteiger partial charge in [-0.05, 0) is 55.9 Å². The van der Waals surface area contributed by atoms with Crippen LogP contribution in [0.4, 0.5) is 0 Å². The number of ketones is 4. The maximum Gasteiger partial charge on any atom is 0.235 e. The summed E-state index contributed by atoms with van der Waals surface area (Å²) in [6.07, 6.45) is -0.132. The van der Waals surface area contributed by atoms with Crippen LogP contribution in [-0.4, -0.2) is 87.7 Å². The summed E-state index contributed by atoms with van der Waals surface area (Å²) in [5.74, 6) is -12.7. The molecule has 0 bridgehead atoms. The molecule has 2 aromatic carbocycles. The first kappa shape index (κ1) is 28.3. The van der Waals surface area contributed by atoms with Crippen LogP contribution in [0.5, 0.6) is 11.5 Å². The number of primary amides is 1. The summed E-state index contributed by atoms with van der Waals surface area (Å²) in [6, 6.07) is 9.78. The lowest BCUT2D eigenvalue weighted by molar-refractivity contribution is -0.192. The van der Waals surface area contributed by atoms with Crippen LogP contribution in [0.25, 0.3) is 11.6 Å². The van der Waals surface area contributed by atoms with Gasteiger partial charge in [0.1, 0.15) is 11.5 Å². The smallest absolute Gasteiger partial charge is 0.235 e. The zero-order valence-corrected chi connectivity index (χ0v) is 22.6. The number of carbonyl (C=O) groups is 5. The van der Waals surface area contributed by atoms with Crippen LogP contribution >= 0.6 is 0 Å². The second-order valence-corrected chi connectivity index (χ2v) is 10.8. The SMILES string of the molecule is CCOc1ccc(/C=C2\c3cccc(O)c3C(=O)C3C(=O)C4(O)C(=O)C(C(N)=O)C(=O)C(N(C)C)C4C(O)C23)cc1. The monoisotopic (exact) mass is 562 g/mol. The number of phenols is 1. The Morgan fingerprint density at radius 2 is 1.73 bits per heavy atom. The number of benzene rings is 2. The van der Waals surface area contributed by atoms with Gasteiger partial charge in [0.15, 0.2) is 34.7 Å². The zero-order valence-electron chi connectivity index (χ0n) is 22.6. The molecule has 11 heteroatoms. The van der Waals surface area contributed by atoms with Gasteiger partial charge in [-0.2, -0.15) is 0 Å². The lowest BCUT2D eigenvalue weighted by Gasteiger charge is -2.55. The van der Waals surface area contributed by atoms with Crippen molar-refractivity contribution in [3.63, 3.8) is 0 Å². The summed E-state index contributed by atoms with van der Waals surface area (Å²) >= 11 is 0. The number of phenolic OH excluding ortho intramolecular Hbond substituents is 1. The average Bonchev–Trinajstić information content (AvgIpc) is 2.91. The van der Waals surface area contributed by atoms with Crippen molar-refractivity contribution in [1.82, 2.24) is 4.90 Å². The first-order valence-electron chi connectivity index (χ1n) is 13.2. The van der Waals surface area contributed by atoms with Gasteiger partial charge in [0.2, 0.25) is 5.91 Å². The Morgan fingerprint density at radius 1 is 1.07 bits per heavy atom. The second kappa shape index (κ2) is 10.0. The van der Waals surface area contributed by atoms with E-state index in [2.05, 4.69) is 0 Å². The molecule has 0 radical (unpaired) electrons. The van der Waals surface area contributed by atoms with Gasteiger partial charge >= 0.3 is 0 Å². The van der Waals surface area contributed by atoms with Crippen molar-refractivity contribution in [2.75, 3.05) is 20.7 Å². The lowest BCUT2D eigenvalue weighted by Crippen LogP contribution is -2.77. The number of hydrogen-bond acceptors (Lipinski definition) is 10. The van der Waals surface area contributed by atoms with Crippen molar-refractivity contribution < 1.29 is 44.0 Å². The van der Waals surface area contributed by atoms with Gasteiger partial charge in [0.25, 0.3) is 0 Å². The van der Waals surface area contributed by atoms with Gasteiger partial charge in [0.05, 0.1) is 36.2 Å². The van der Waals surface area contributed by atoms with Crippen LogP contribution in [0.15, 0.2) is 42.5 Å². The first-order chi connectivity index (χ1) is 19.4. The van der Waals surface area contributed by atoms with E-state index in [1.54, 1.807) is 36.4 Å². The lowest BCUT2D eigenvalue weighted by atomic mass is 9.50. The van der Waals surface area contributed by atoms with Gasteiger partial charge in [-0.1, -0.05) is 30.3 Å². The summed E-state index contributed by atoms with van der Waals surface area (Å²) in [7, 11) is 2.88. The summed E-state index contributed by atoms with van der Waals surface area (Å²) in [5.41, 5.74) is 3.24. The van der Waals surface area contributed by atoms with E-state index < -0.39 is 76.2 Å². The minimum absolute atomic E-state index is 0.205. The Labute approximate surface area is 235 Å². The van der Waals surface area contributed by atoms with Crippen LogP contribution in [0.1, 0.15) is 28.4 Å². The maximum atomic E-state index is 14.2. The summed E-state index contributed by atoms with van der Waals surface area (Å²) in [4.78, 5) is 68.3. The highest BCUT2D eigenvalue weighted by atomic mass is 16.5. The number of carbonyl (C=O) groups excluding carboxylic acids is 5. The molecule has 3 aliphatic carbocycles. The maximum absolute atomic E-state index is 14.2. The predicted octanol–water partition coefficient (Wildman–Crippen LogP) is 0.235. The molecule has 0 spiro atoms. The molecule has 7 atom stereocenters. The van der Waals surface area contributed by atoms with Crippen LogP contribution in [0.2, 0.25) is 0 Å². The van der Waals surface area contributed by atoms with Crippen molar-refractivity contribution in [2.45, 2.75) is 24.7 Å². The van der Waals surface area contributed by atoms with E-state index in [9.17, 15) is 39.3 Å². The third kappa shape index (κ3) is 4.03. The van der Waals surface area contributed by atoms with Crippen molar-refractivity contribution in [1.29, 1.82) is 0 Å². The molecule has 5 rings (SSSR count). The quantitative estimate of drug-likeness (QED) is 0.368. The van der Waals surface area contributed by atoms with Crippen LogP contribution in [0, 0.1) is 23.7 Å². The topological polar surface area (TPSA) is 185 Å². The molecule has 214 valence electrons. The minimum Gasteiger partial charge on any atom is -0.507 e. The number of hydrogen-bond donors (Lipinski definition) is 4. The van der Waals surface area contributed by atoms with Crippen molar-refractivity contribution in [2.24, 2.45) is 29.4 Å². The summed E-state index contributed by atoms with van der Waals surface area (Å²) in [6.45, 7) is 2.30. The summed E-state index contributed by atoms with van der Waals surface area (Å²) in [5, 5.41) is 34.4. The number of aliphatic hydroxyl groups excluding tert-OH is 1. The number of likely N-dealkylation sites (N-methyl/N-ethyl adjacent to an activating group) is 1. The molecule has 2 saturated carbocycles. The van der Waals surface area contributed by atoms with Crippen LogP contribution < -0.4 is 10.5 Å². The fourth-order valence-corrected chi connectivity index (χ4v) is 6.68. The molecule has 3 aliphatic rings. The Hall–Kier alpha value is -4.19. The number of nitrogens with two attached hydrogens (primary N) is 1. The number of ether oxygens (including phenoxy) is 1. The van der Waals surface area contributed by atoms with Gasteiger partial charge in [0, 0.05) is 5.92 Å². The highest BCUT2D eigenvalue weighted by Gasteiger charge is 2.72. The largest absolute Gasteiger partial charge is 0.507 e. The van der Waals surface area contributed by atoms with Crippen molar-refractivity contribution >= 4 is 40.7 Å². The van der Waals surface area contributed by atoms with E-state index in [-0.39, 0.29) is 11.1 Å². The van der Waals surface area contributed by atoms with Crippen molar-refractivity contribution in [3.8, 4) is 11.5 Å². The molecule has 0 heterocycles. The fraction of sp³-hybridized carbons (Fsp3) is 0.367. The van der Waals surface area contributed by atoms with Gasteiger partial charge < -0.3 is 25.8 Å². The zero-order chi connectivity index (χ0) is 30.0. The Kier molecular flexibility index (Phi) is 6.93. The number of aliphatic hydroxyl groups is 2. The molecule has 0 saturated heterocycles. The normalized spacial score (nSPS) is 32.0. The molecule has 11 nitrogen and oxygen atoms in total. The number of rotatable bonds is 5. The minimum atomic E-state index is -3.06. The highest BCUT2D eigenvalue weighted by molar-refractivity contribution is 6.33. The molecule has 5 N–H and O–H groups in total. The van der Waals surface area contributed by atoms with Crippen LogP contribution in [0.3, 0.4) is 0 Å². The van der Waals surface area contributed by atoms with Gasteiger partial charge in [-0.15, -0.1) is 0 Å². The molecular formula is C30H30N2O9. The predicted molar refractivity (Wildman–Crippen MR) is 145 cm³/mol. The third-order valence-electron chi connectivity index (χ3n) is 8.39. The Morgan fingerprint density at radius 3 is 2.32 bits per heavy atom. The molecule has 0 aromatic heterocycles. The van der Waals surface area contributed by atoms with E-state index in [0.717, 1.165) is 0 Å². The first-order valence-corrected chi connectivity index (χ1v) is 13.2. The highest BCUT2D eigenvalue weighted by Crippen LogP contribution is 2.54. The van der Waals surface area contributed by atoms with E-state index in [1.807, 2.05) is 6.92 Å². The molecule has 41 heavy (non-hydrogen) atoms. The molecule has 2 fully saturated rings. The number of aromatic hydroxyl groups is 1. The number of nitrogens with zero attached hydrogens (tertiary/aromatic N) is 1. The average molecular weight is 563 g/mol. The van der Waals surface area contributed by atoms with Crippen LogP contribution in [-0.2, 0) is 19.2 Å². The van der Waals surface area contributed by atoms with E-state index in [1.165, 1.54) is 31.1 Å². The van der Waals surface area contributed by atoms with E-state index >= 15 is 0 Å². The van der Waals surface area contributed by atoms with E-state index in [4.69, 9.17) is 10.5 Å². The second-order valence-electron chi connectivity index (χ2n) is 10.8. The standard InChI is InChI=1S/C30H30N2O9/c1-4-41-14-10-8-13(9-11-14)12-16-15-6-5-7-17(33)18(15)24(34)20-19(16)25(35)22-23(32(2)3)26(36)21(29(31)39)28(38)30(22,40)27(20)37/h5-12,19-23,25,33,35,40H,4H2,1-3H3,(H2,31,39)/b16-12+. The molecule has 0 aliphatic heterocycles. The molecule has 1 amide bonds. The number of amides is 1. The molecular weight excluding hydrogens is 532 g/mol. The number of Topliss-reactive ketones (excluding diaryl/α,β-unsaturated/α-hetero) is 4. The Balaban J connectivity index is 1.76. The summed E-state index contributed by atoms with van der Waals surface area (Å²) < 4.78 is 5.49. The van der Waals surface area contributed by atoms with Gasteiger partial charge in [-0.25, -0.2) is 0 Å². The fourth-order valence-electron chi connectivity index (χ4n) is 6.68. The number of fused-ring (bicyclic) bond motifs is 3. The van der Waals surface area contributed by atoms with Crippen molar-refractivity contribution in [3.05, 3.63) is 59.2 Å². The third-order valence-corrected chi connectivity index (χ3v) is 8.39. The molecule has 7 unspecified atom stereocenters.